The van der Waals surface area contributed by atoms with Gasteiger partial charge in [0.25, 0.3) is 0 Å². The van der Waals surface area contributed by atoms with Crippen molar-refractivity contribution in [2.45, 2.75) is 31.3 Å². The molecular weight excluding hydrogens is 264 g/mol. The zero-order valence-electron chi connectivity index (χ0n) is 11.3. The zero-order valence-corrected chi connectivity index (χ0v) is 12.1. The molecule has 2 rings (SSSR count). The third-order valence-electron chi connectivity index (χ3n) is 3.30. The summed E-state index contributed by atoms with van der Waals surface area (Å²) in [6, 6.07) is 4.87. The van der Waals surface area contributed by atoms with Crippen molar-refractivity contribution in [2.24, 2.45) is 0 Å². The average Bonchev–Trinajstić information content (AvgIpc) is 2.57. The highest BCUT2D eigenvalue weighted by Crippen LogP contribution is 2.22. The van der Waals surface area contributed by atoms with Crippen LogP contribution < -0.4 is 5.73 Å². The Labute approximate surface area is 114 Å². The lowest BCUT2D eigenvalue weighted by atomic mass is 10.2. The number of hydrogen-bond acceptors (Lipinski definition) is 4. The fourth-order valence-corrected chi connectivity index (χ4v) is 3.69. The highest BCUT2D eigenvalue weighted by molar-refractivity contribution is 7.89. The molecule has 0 spiro atoms. The molecule has 0 saturated carbocycles. The summed E-state index contributed by atoms with van der Waals surface area (Å²) in [4.78, 5) is 0.254. The number of anilines is 1. The highest BCUT2D eigenvalue weighted by Gasteiger charge is 2.28. The van der Waals surface area contributed by atoms with Gasteiger partial charge in [-0.2, -0.15) is 4.31 Å². The Morgan fingerprint density at radius 1 is 1.42 bits per heavy atom. The molecule has 1 fully saturated rings. The van der Waals surface area contributed by atoms with Gasteiger partial charge in [0.05, 0.1) is 11.0 Å². The Kier molecular flexibility index (Phi) is 4.13. The Bertz CT molecular complexity index is 557. The van der Waals surface area contributed by atoms with Gasteiger partial charge in [-0.25, -0.2) is 8.42 Å². The van der Waals surface area contributed by atoms with Gasteiger partial charge in [0, 0.05) is 25.4 Å². The topological polar surface area (TPSA) is 72.6 Å². The molecule has 0 aliphatic carbocycles. The van der Waals surface area contributed by atoms with E-state index in [0.717, 1.165) is 5.56 Å². The minimum atomic E-state index is -3.48. The molecule has 1 heterocycles. The molecule has 1 unspecified atom stereocenters. The smallest absolute Gasteiger partial charge is 0.243 e. The second-order valence-corrected chi connectivity index (χ2v) is 6.85. The normalized spacial score (nSPS) is 22.1. The van der Waals surface area contributed by atoms with Gasteiger partial charge >= 0.3 is 0 Å². The second kappa shape index (κ2) is 5.48. The maximum Gasteiger partial charge on any atom is 0.243 e. The Morgan fingerprint density at radius 3 is 2.84 bits per heavy atom. The van der Waals surface area contributed by atoms with Crippen LogP contribution in [0, 0.1) is 6.92 Å². The molecule has 1 aliphatic heterocycles. The molecule has 0 amide bonds. The van der Waals surface area contributed by atoms with E-state index in [9.17, 15) is 8.42 Å². The van der Waals surface area contributed by atoms with Crippen molar-refractivity contribution in [3.8, 4) is 0 Å². The van der Waals surface area contributed by atoms with Crippen molar-refractivity contribution in [1.82, 2.24) is 4.31 Å². The second-order valence-electron chi connectivity index (χ2n) is 4.92. The first-order valence-electron chi connectivity index (χ1n) is 6.39. The molecule has 0 aromatic heterocycles. The summed E-state index contributed by atoms with van der Waals surface area (Å²) >= 11 is 0. The monoisotopic (exact) mass is 284 g/mol. The van der Waals surface area contributed by atoms with Crippen LogP contribution in [0.2, 0.25) is 0 Å². The first-order valence-corrected chi connectivity index (χ1v) is 7.83. The van der Waals surface area contributed by atoms with Gasteiger partial charge in [-0.1, -0.05) is 6.07 Å². The summed E-state index contributed by atoms with van der Waals surface area (Å²) < 4.78 is 32.1. The van der Waals surface area contributed by atoms with E-state index in [1.54, 1.807) is 12.1 Å². The van der Waals surface area contributed by atoms with Crippen molar-refractivity contribution >= 4 is 15.7 Å². The van der Waals surface area contributed by atoms with E-state index in [-0.39, 0.29) is 11.0 Å². The maximum atomic E-state index is 12.6. The molecule has 1 saturated heterocycles. The molecular formula is C13H20N2O3S. The van der Waals surface area contributed by atoms with Crippen LogP contribution in [0.3, 0.4) is 0 Å². The first kappa shape index (κ1) is 14.3. The average molecular weight is 284 g/mol. The highest BCUT2D eigenvalue weighted by atomic mass is 32.2. The maximum absolute atomic E-state index is 12.6. The van der Waals surface area contributed by atoms with Crippen LogP contribution in [0.15, 0.2) is 23.1 Å². The van der Waals surface area contributed by atoms with Gasteiger partial charge in [-0.05, 0) is 38.0 Å². The number of nitrogen functional groups attached to an aromatic ring is 1. The third kappa shape index (κ3) is 3.08. The number of nitrogens with two attached hydrogens (primary N) is 1. The Hall–Kier alpha value is -1.11. The minimum Gasteiger partial charge on any atom is -0.398 e. The van der Waals surface area contributed by atoms with Crippen LogP contribution in [0.4, 0.5) is 5.69 Å². The molecule has 0 radical (unpaired) electrons. The number of ether oxygens (including phenoxy) is 1. The van der Waals surface area contributed by atoms with Crippen molar-refractivity contribution < 1.29 is 13.2 Å². The summed E-state index contributed by atoms with van der Waals surface area (Å²) in [6.07, 6.45) is 0.630. The lowest BCUT2D eigenvalue weighted by molar-refractivity contribution is 0.0752. The van der Waals surface area contributed by atoms with Crippen molar-refractivity contribution in [3.63, 3.8) is 0 Å². The van der Waals surface area contributed by atoms with Gasteiger partial charge in [0.2, 0.25) is 10.0 Å². The van der Waals surface area contributed by atoms with Gasteiger partial charge in [0.1, 0.15) is 0 Å². The van der Waals surface area contributed by atoms with Crippen molar-refractivity contribution in [1.29, 1.82) is 0 Å². The van der Waals surface area contributed by atoms with E-state index in [1.807, 2.05) is 13.8 Å². The summed E-state index contributed by atoms with van der Waals surface area (Å²) in [5.74, 6) is 0. The molecule has 5 nitrogen and oxygen atoms in total. The SMILES string of the molecule is Cc1ccc(S(=O)(=O)N2CCCOC(C)C2)cc1N. The molecule has 6 heteroatoms. The van der Waals surface area contributed by atoms with E-state index in [0.29, 0.717) is 31.8 Å². The molecule has 1 aromatic carbocycles. The molecule has 1 atom stereocenters. The number of hydrogen-bond donors (Lipinski definition) is 1. The van der Waals surface area contributed by atoms with E-state index < -0.39 is 10.0 Å². The fourth-order valence-electron chi connectivity index (χ4n) is 2.10. The van der Waals surface area contributed by atoms with Crippen LogP contribution >= 0.6 is 0 Å². The van der Waals surface area contributed by atoms with Crippen molar-refractivity contribution in [3.05, 3.63) is 23.8 Å². The van der Waals surface area contributed by atoms with E-state index in [2.05, 4.69) is 0 Å². The number of nitrogens with zero attached hydrogens (tertiary/aromatic N) is 1. The Balaban J connectivity index is 2.32. The van der Waals surface area contributed by atoms with E-state index in [1.165, 1.54) is 10.4 Å². The van der Waals surface area contributed by atoms with E-state index in [4.69, 9.17) is 10.5 Å². The van der Waals surface area contributed by atoms with Crippen LogP contribution in [0.1, 0.15) is 18.9 Å². The predicted molar refractivity (Wildman–Crippen MR) is 74.4 cm³/mol. The standard InChI is InChI=1S/C13H20N2O3S/c1-10-4-5-12(8-13(10)14)19(16,17)15-6-3-7-18-11(2)9-15/h4-5,8,11H,3,6-7,9,14H2,1-2H3. The predicted octanol–water partition coefficient (Wildman–Crippen LogP) is 1.38. The first-order chi connectivity index (χ1) is 8.91. The van der Waals surface area contributed by atoms with Gasteiger partial charge < -0.3 is 10.5 Å². The van der Waals surface area contributed by atoms with Gasteiger partial charge in [-0.3, -0.25) is 0 Å². The zero-order chi connectivity index (χ0) is 14.0. The summed E-state index contributed by atoms with van der Waals surface area (Å²) in [5.41, 5.74) is 7.18. The molecule has 1 aromatic rings. The largest absolute Gasteiger partial charge is 0.398 e. The van der Waals surface area contributed by atoms with E-state index >= 15 is 0 Å². The summed E-state index contributed by atoms with van der Waals surface area (Å²) in [7, 11) is -3.48. The Morgan fingerprint density at radius 2 is 2.16 bits per heavy atom. The summed E-state index contributed by atoms with van der Waals surface area (Å²) in [5, 5.41) is 0. The third-order valence-corrected chi connectivity index (χ3v) is 5.16. The molecule has 19 heavy (non-hydrogen) atoms. The van der Waals surface area contributed by atoms with Crippen LogP contribution in [0.25, 0.3) is 0 Å². The molecule has 2 N–H and O–H groups in total. The lowest BCUT2D eigenvalue weighted by Gasteiger charge is -2.22. The van der Waals surface area contributed by atoms with Crippen LogP contribution in [0.5, 0.6) is 0 Å². The number of sulfonamides is 1. The van der Waals surface area contributed by atoms with Crippen molar-refractivity contribution in [2.75, 3.05) is 25.4 Å². The van der Waals surface area contributed by atoms with Gasteiger partial charge in [0.15, 0.2) is 0 Å². The molecule has 1 aliphatic rings. The summed E-state index contributed by atoms with van der Waals surface area (Å²) in [6.45, 7) is 5.21. The molecule has 0 bridgehead atoms. The van der Waals surface area contributed by atoms with Gasteiger partial charge in [-0.15, -0.1) is 0 Å². The number of aryl methyl sites for hydroxylation is 1. The quantitative estimate of drug-likeness (QED) is 0.833. The number of benzene rings is 1. The number of rotatable bonds is 2. The van der Waals surface area contributed by atoms with Crippen LogP contribution in [-0.4, -0.2) is 38.5 Å². The lowest BCUT2D eigenvalue weighted by Crippen LogP contribution is -2.35. The fraction of sp³-hybridized carbons (Fsp3) is 0.538. The van der Waals surface area contributed by atoms with Crippen LogP contribution in [-0.2, 0) is 14.8 Å². The minimum absolute atomic E-state index is 0.0833. The molecule has 106 valence electrons.